The highest BCUT2D eigenvalue weighted by Gasteiger charge is 1.94. The van der Waals surface area contributed by atoms with Crippen molar-refractivity contribution in [2.75, 3.05) is 0 Å². The molecule has 0 unspecified atom stereocenters. The fourth-order valence-electron chi connectivity index (χ4n) is 2.34. The highest BCUT2D eigenvalue weighted by atomic mass is 35.5. The van der Waals surface area contributed by atoms with Gasteiger partial charge in [0.05, 0.1) is 0 Å². The maximum Gasteiger partial charge on any atom is 0.0403 e. The molecule has 0 aliphatic carbocycles. The third kappa shape index (κ3) is 12.4. The van der Waals surface area contributed by atoms with E-state index in [4.69, 9.17) is 0 Å². The predicted molar refractivity (Wildman–Crippen MR) is 90.6 cm³/mol. The lowest BCUT2D eigenvalue weighted by Crippen LogP contribution is -1.89. The fraction of sp³-hybridized carbons (Fsp3) is 0.706. The molecule has 0 spiro atoms. The summed E-state index contributed by atoms with van der Waals surface area (Å²) in [6.07, 6.45) is 17.1. The maximum atomic E-state index is 4.35. The van der Waals surface area contributed by atoms with E-state index >= 15 is 0 Å². The van der Waals surface area contributed by atoms with Crippen molar-refractivity contribution in [2.45, 2.75) is 77.6 Å². The van der Waals surface area contributed by atoms with E-state index in [2.05, 4.69) is 24.0 Å². The second kappa shape index (κ2) is 16.5. The lowest BCUT2D eigenvalue weighted by atomic mass is 10.1. The summed E-state index contributed by atoms with van der Waals surface area (Å²) in [5.41, 5.74) is 1.25. The van der Waals surface area contributed by atoms with Crippen LogP contribution >= 0.6 is 12.4 Å². The quantitative estimate of drug-likeness (QED) is 0.522. The number of hydrogen-bond acceptors (Lipinski definition) is 1. The molecule has 1 aromatic rings. The zero-order chi connectivity index (χ0) is 12.9. The molecule has 0 radical (unpaired) electrons. The van der Waals surface area contributed by atoms with Gasteiger partial charge in [0.25, 0.3) is 0 Å². The Bertz CT molecular complexity index is 280. The normalized spacial score (nSPS) is 9.65. The van der Waals surface area contributed by atoms with Crippen LogP contribution in [0.2, 0.25) is 0 Å². The number of aromatic nitrogens is 1. The molecular weight excluding hydrogens is 270 g/mol. The SMILES string of the molecule is CCCCCCCCCCCCc1ccccn1.Cl.O. The van der Waals surface area contributed by atoms with Crippen LogP contribution in [0.1, 0.15) is 76.8 Å². The van der Waals surface area contributed by atoms with Crippen LogP contribution in [-0.4, -0.2) is 10.5 Å². The minimum Gasteiger partial charge on any atom is -0.412 e. The van der Waals surface area contributed by atoms with Gasteiger partial charge in [-0.05, 0) is 25.0 Å². The van der Waals surface area contributed by atoms with Crippen molar-refractivity contribution in [1.82, 2.24) is 4.98 Å². The molecular formula is C17H32ClNO. The number of rotatable bonds is 11. The molecule has 20 heavy (non-hydrogen) atoms. The summed E-state index contributed by atoms with van der Waals surface area (Å²) in [5, 5.41) is 0. The van der Waals surface area contributed by atoms with E-state index in [0.29, 0.717) is 0 Å². The first-order valence-electron chi connectivity index (χ1n) is 7.83. The highest BCUT2D eigenvalue weighted by Crippen LogP contribution is 2.11. The van der Waals surface area contributed by atoms with Gasteiger partial charge in [-0.15, -0.1) is 12.4 Å². The zero-order valence-electron chi connectivity index (χ0n) is 12.9. The largest absolute Gasteiger partial charge is 0.412 e. The van der Waals surface area contributed by atoms with Gasteiger partial charge in [0.15, 0.2) is 0 Å². The minimum atomic E-state index is 0. The van der Waals surface area contributed by atoms with E-state index in [-0.39, 0.29) is 17.9 Å². The second-order valence-corrected chi connectivity index (χ2v) is 5.25. The Morgan fingerprint density at radius 1 is 0.800 bits per heavy atom. The molecule has 1 heterocycles. The Hall–Kier alpha value is -0.600. The summed E-state index contributed by atoms with van der Waals surface area (Å²) in [5.74, 6) is 0. The van der Waals surface area contributed by atoms with E-state index in [1.807, 2.05) is 12.3 Å². The van der Waals surface area contributed by atoms with E-state index in [0.717, 1.165) is 6.42 Å². The lowest BCUT2D eigenvalue weighted by Gasteiger charge is -2.02. The van der Waals surface area contributed by atoms with Crippen molar-refractivity contribution >= 4 is 12.4 Å². The smallest absolute Gasteiger partial charge is 0.0403 e. The third-order valence-corrected chi connectivity index (χ3v) is 3.51. The van der Waals surface area contributed by atoms with Crippen molar-refractivity contribution in [3.63, 3.8) is 0 Å². The third-order valence-electron chi connectivity index (χ3n) is 3.51. The summed E-state index contributed by atoms with van der Waals surface area (Å²) >= 11 is 0. The van der Waals surface area contributed by atoms with Gasteiger partial charge in [-0.2, -0.15) is 0 Å². The number of nitrogens with zero attached hydrogens (tertiary/aromatic N) is 1. The number of unbranched alkanes of at least 4 members (excludes halogenated alkanes) is 9. The molecule has 0 aliphatic rings. The van der Waals surface area contributed by atoms with E-state index in [1.165, 1.54) is 69.9 Å². The monoisotopic (exact) mass is 301 g/mol. The van der Waals surface area contributed by atoms with Gasteiger partial charge >= 0.3 is 0 Å². The van der Waals surface area contributed by atoms with Gasteiger partial charge in [0.2, 0.25) is 0 Å². The van der Waals surface area contributed by atoms with Gasteiger partial charge < -0.3 is 5.48 Å². The number of halogens is 1. The summed E-state index contributed by atoms with van der Waals surface area (Å²) in [6.45, 7) is 2.28. The van der Waals surface area contributed by atoms with Gasteiger partial charge in [0.1, 0.15) is 0 Å². The molecule has 0 aliphatic heterocycles. The van der Waals surface area contributed by atoms with Gasteiger partial charge in [-0.1, -0.05) is 70.8 Å². The van der Waals surface area contributed by atoms with E-state index < -0.39 is 0 Å². The average Bonchev–Trinajstić information content (AvgIpc) is 2.42. The minimum absolute atomic E-state index is 0. The standard InChI is InChI=1S/C17H29N.ClH.H2O/c1-2-3-4-5-6-7-8-9-10-11-14-17-15-12-13-16-18-17;;/h12-13,15-16H,2-11,14H2,1H3;1H;1H2. The highest BCUT2D eigenvalue weighted by molar-refractivity contribution is 5.85. The number of pyridine rings is 1. The van der Waals surface area contributed by atoms with Crippen LogP contribution in [-0.2, 0) is 6.42 Å². The van der Waals surface area contributed by atoms with Gasteiger partial charge in [-0.25, -0.2) is 0 Å². The van der Waals surface area contributed by atoms with Crippen molar-refractivity contribution in [1.29, 1.82) is 0 Å². The van der Waals surface area contributed by atoms with E-state index in [1.54, 1.807) is 0 Å². The van der Waals surface area contributed by atoms with Crippen molar-refractivity contribution in [2.24, 2.45) is 0 Å². The first-order valence-corrected chi connectivity index (χ1v) is 7.83. The maximum absolute atomic E-state index is 4.35. The van der Waals surface area contributed by atoms with Crippen LogP contribution < -0.4 is 0 Å². The Morgan fingerprint density at radius 3 is 1.85 bits per heavy atom. The molecule has 0 aromatic carbocycles. The molecule has 0 saturated carbocycles. The molecule has 0 saturated heterocycles. The van der Waals surface area contributed by atoms with E-state index in [9.17, 15) is 0 Å². The zero-order valence-corrected chi connectivity index (χ0v) is 13.8. The lowest BCUT2D eigenvalue weighted by molar-refractivity contribution is 0.555. The van der Waals surface area contributed by atoms with Crippen molar-refractivity contribution < 1.29 is 5.48 Å². The molecule has 118 valence electrons. The van der Waals surface area contributed by atoms with Crippen LogP contribution in [0.15, 0.2) is 24.4 Å². The fourth-order valence-corrected chi connectivity index (χ4v) is 2.34. The van der Waals surface area contributed by atoms with Gasteiger partial charge in [-0.3, -0.25) is 4.98 Å². The topological polar surface area (TPSA) is 44.4 Å². The van der Waals surface area contributed by atoms with Crippen molar-refractivity contribution in [3.05, 3.63) is 30.1 Å². The molecule has 1 aromatic heterocycles. The molecule has 2 N–H and O–H groups in total. The number of hydrogen-bond donors (Lipinski definition) is 0. The second-order valence-electron chi connectivity index (χ2n) is 5.25. The Balaban J connectivity index is 0. The first kappa shape index (κ1) is 21.7. The van der Waals surface area contributed by atoms with Crippen LogP contribution in [0.25, 0.3) is 0 Å². The predicted octanol–water partition coefficient (Wildman–Crippen LogP) is 5.14. The summed E-state index contributed by atoms with van der Waals surface area (Å²) < 4.78 is 0. The molecule has 1 rings (SSSR count). The van der Waals surface area contributed by atoms with Crippen LogP contribution in [0.4, 0.5) is 0 Å². The Morgan fingerprint density at radius 2 is 1.35 bits per heavy atom. The summed E-state index contributed by atoms with van der Waals surface area (Å²) in [6, 6.07) is 6.20. The van der Waals surface area contributed by atoms with Crippen LogP contribution in [0, 0.1) is 0 Å². The molecule has 0 amide bonds. The Labute approximate surface area is 131 Å². The first-order chi connectivity index (χ1) is 8.93. The Kier molecular flexibility index (Phi) is 17.8. The molecule has 0 fully saturated rings. The molecule has 2 nitrogen and oxygen atoms in total. The molecule has 3 heteroatoms. The summed E-state index contributed by atoms with van der Waals surface area (Å²) in [7, 11) is 0. The van der Waals surface area contributed by atoms with Gasteiger partial charge in [0, 0.05) is 11.9 Å². The van der Waals surface area contributed by atoms with Crippen LogP contribution in [0.5, 0.6) is 0 Å². The molecule has 0 atom stereocenters. The van der Waals surface area contributed by atoms with Crippen molar-refractivity contribution in [3.8, 4) is 0 Å². The average molecular weight is 302 g/mol. The molecule has 0 bridgehead atoms. The van der Waals surface area contributed by atoms with Crippen LogP contribution in [0.3, 0.4) is 0 Å². The summed E-state index contributed by atoms with van der Waals surface area (Å²) in [4.78, 5) is 4.35. The number of aryl methyl sites for hydroxylation is 1.